The summed E-state index contributed by atoms with van der Waals surface area (Å²) in [7, 11) is 0. The molecule has 118 valence electrons. The van der Waals surface area contributed by atoms with E-state index in [1.807, 2.05) is 0 Å². The van der Waals surface area contributed by atoms with Crippen LogP contribution in [0, 0.1) is 26.7 Å². The van der Waals surface area contributed by atoms with Gasteiger partial charge in [-0.3, -0.25) is 4.79 Å². The first-order valence-corrected chi connectivity index (χ1v) is 7.73. The first-order valence-electron chi connectivity index (χ1n) is 7.73. The second kappa shape index (κ2) is 7.08. The molecule has 2 unspecified atom stereocenters. The Balaban J connectivity index is 2.51. The molecule has 0 saturated heterocycles. The minimum atomic E-state index is -1.12. The number of aliphatic carboxylic acids is 1. The van der Waals surface area contributed by atoms with Crippen LogP contribution < -0.4 is 5.73 Å². The summed E-state index contributed by atoms with van der Waals surface area (Å²) >= 11 is 0. The zero-order valence-electron chi connectivity index (χ0n) is 14.0. The summed E-state index contributed by atoms with van der Waals surface area (Å²) < 4.78 is 0. The van der Waals surface area contributed by atoms with Gasteiger partial charge in [-0.05, 0) is 75.1 Å². The Morgan fingerprint density at radius 2 is 1.90 bits per heavy atom. The van der Waals surface area contributed by atoms with Crippen LogP contribution in [0.1, 0.15) is 55.4 Å². The van der Waals surface area contributed by atoms with Crippen molar-refractivity contribution in [3.8, 4) is 0 Å². The summed E-state index contributed by atoms with van der Waals surface area (Å²) in [5, 5.41) is 9.06. The number of carboxylic acids is 1. The van der Waals surface area contributed by atoms with E-state index in [9.17, 15) is 4.79 Å². The quantitative estimate of drug-likeness (QED) is 0.804. The number of aryl methyl sites for hydroxylation is 2. The predicted octanol–water partition coefficient (Wildman–Crippen LogP) is 3.76. The van der Waals surface area contributed by atoms with Crippen LogP contribution in [0.3, 0.4) is 0 Å². The summed E-state index contributed by atoms with van der Waals surface area (Å²) in [6, 6.07) is 4.40. The lowest BCUT2D eigenvalue weighted by molar-refractivity contribution is -0.143. The van der Waals surface area contributed by atoms with Crippen molar-refractivity contribution in [1.29, 1.82) is 0 Å². The highest BCUT2D eigenvalue weighted by Crippen LogP contribution is 2.22. The molecular weight excluding hydrogens is 262 g/mol. The monoisotopic (exact) mass is 291 g/mol. The molecule has 0 radical (unpaired) electrons. The van der Waals surface area contributed by atoms with Gasteiger partial charge in [0, 0.05) is 0 Å². The van der Waals surface area contributed by atoms with Gasteiger partial charge in [0.15, 0.2) is 0 Å². The smallest absolute Gasteiger partial charge is 0.323 e. The summed E-state index contributed by atoms with van der Waals surface area (Å²) in [5.41, 5.74) is 10.2. The van der Waals surface area contributed by atoms with Crippen molar-refractivity contribution in [3.63, 3.8) is 0 Å². The first kappa shape index (κ1) is 17.7. The van der Waals surface area contributed by atoms with Gasteiger partial charge < -0.3 is 10.8 Å². The van der Waals surface area contributed by atoms with Crippen LogP contribution in [0.5, 0.6) is 0 Å². The highest BCUT2D eigenvalue weighted by molar-refractivity contribution is 5.77. The Labute approximate surface area is 128 Å². The molecule has 0 fully saturated rings. The summed E-state index contributed by atoms with van der Waals surface area (Å²) in [5.74, 6) is -0.595. The number of nitrogens with two attached hydrogens (primary N) is 1. The highest BCUT2D eigenvalue weighted by atomic mass is 16.4. The zero-order valence-corrected chi connectivity index (χ0v) is 14.0. The molecule has 0 aliphatic heterocycles. The lowest BCUT2D eigenvalue weighted by atomic mass is 9.87. The first-order chi connectivity index (χ1) is 9.65. The van der Waals surface area contributed by atoms with E-state index >= 15 is 0 Å². The lowest BCUT2D eigenvalue weighted by Gasteiger charge is -2.23. The molecule has 3 heteroatoms. The predicted molar refractivity (Wildman–Crippen MR) is 87.6 cm³/mol. The summed E-state index contributed by atoms with van der Waals surface area (Å²) in [4.78, 5) is 11.0. The number of hydrogen-bond donors (Lipinski definition) is 2. The van der Waals surface area contributed by atoms with Crippen LogP contribution in [0.4, 0.5) is 0 Å². The Morgan fingerprint density at radius 1 is 1.29 bits per heavy atom. The standard InChI is InChI=1S/C18H29NO2/c1-12(11-18(5,19)17(20)21)7-6-8-16-10-9-13(2)14(3)15(16)4/h9-10,12H,6-8,11,19H2,1-5H3,(H,20,21). The molecule has 3 nitrogen and oxygen atoms in total. The van der Waals surface area contributed by atoms with Gasteiger partial charge in [-0.1, -0.05) is 25.5 Å². The van der Waals surface area contributed by atoms with Crippen LogP contribution in [-0.4, -0.2) is 16.6 Å². The Kier molecular flexibility index (Phi) is 5.97. The fraction of sp³-hybridized carbons (Fsp3) is 0.611. The zero-order chi connectivity index (χ0) is 16.2. The number of carbonyl (C=O) groups is 1. The average molecular weight is 291 g/mol. The molecule has 0 aromatic heterocycles. The molecule has 0 bridgehead atoms. The molecule has 0 amide bonds. The van der Waals surface area contributed by atoms with Crippen LogP contribution in [0.2, 0.25) is 0 Å². The fourth-order valence-electron chi connectivity index (χ4n) is 2.84. The second-order valence-corrected chi connectivity index (χ2v) is 6.72. The van der Waals surface area contributed by atoms with Gasteiger partial charge in [-0.2, -0.15) is 0 Å². The van der Waals surface area contributed by atoms with Crippen LogP contribution >= 0.6 is 0 Å². The van der Waals surface area contributed by atoms with Crippen molar-refractivity contribution in [2.75, 3.05) is 0 Å². The van der Waals surface area contributed by atoms with Crippen LogP contribution in [0.25, 0.3) is 0 Å². The molecule has 0 aliphatic rings. The normalized spacial score (nSPS) is 15.5. The second-order valence-electron chi connectivity index (χ2n) is 6.72. The summed E-state index contributed by atoms with van der Waals surface area (Å²) in [6.45, 7) is 10.2. The molecule has 21 heavy (non-hydrogen) atoms. The molecule has 0 saturated carbocycles. The number of carboxylic acid groups (broad SMARTS) is 1. The van der Waals surface area contributed by atoms with Gasteiger partial charge in [0.1, 0.15) is 5.54 Å². The third-order valence-corrected chi connectivity index (χ3v) is 4.57. The van der Waals surface area contributed by atoms with E-state index in [-0.39, 0.29) is 0 Å². The van der Waals surface area contributed by atoms with Gasteiger partial charge >= 0.3 is 5.97 Å². The van der Waals surface area contributed by atoms with E-state index in [0.717, 1.165) is 19.3 Å². The van der Waals surface area contributed by atoms with E-state index in [0.29, 0.717) is 12.3 Å². The number of rotatable bonds is 7. The maximum absolute atomic E-state index is 11.0. The number of hydrogen-bond acceptors (Lipinski definition) is 2. The van der Waals surface area contributed by atoms with Crippen LogP contribution in [0.15, 0.2) is 12.1 Å². The third-order valence-electron chi connectivity index (χ3n) is 4.57. The van der Waals surface area contributed by atoms with Gasteiger partial charge in [0.2, 0.25) is 0 Å². The van der Waals surface area contributed by atoms with Gasteiger partial charge in [-0.25, -0.2) is 0 Å². The molecule has 2 atom stereocenters. The molecule has 1 aromatic carbocycles. The molecule has 3 N–H and O–H groups in total. The highest BCUT2D eigenvalue weighted by Gasteiger charge is 2.29. The molecule has 0 heterocycles. The maximum Gasteiger partial charge on any atom is 0.323 e. The Morgan fingerprint density at radius 3 is 2.48 bits per heavy atom. The van der Waals surface area contributed by atoms with E-state index in [1.165, 1.54) is 22.3 Å². The van der Waals surface area contributed by atoms with Crippen molar-refractivity contribution in [3.05, 3.63) is 34.4 Å². The molecular formula is C18H29NO2. The van der Waals surface area contributed by atoms with Crippen molar-refractivity contribution < 1.29 is 9.90 Å². The third kappa shape index (κ3) is 4.85. The van der Waals surface area contributed by atoms with E-state index in [1.54, 1.807) is 6.92 Å². The maximum atomic E-state index is 11.0. The minimum Gasteiger partial charge on any atom is -0.480 e. The van der Waals surface area contributed by atoms with E-state index in [4.69, 9.17) is 10.8 Å². The van der Waals surface area contributed by atoms with Gasteiger partial charge in [-0.15, -0.1) is 0 Å². The fourth-order valence-corrected chi connectivity index (χ4v) is 2.84. The van der Waals surface area contributed by atoms with E-state index < -0.39 is 11.5 Å². The van der Waals surface area contributed by atoms with Gasteiger partial charge in [0.25, 0.3) is 0 Å². The Bertz CT molecular complexity index is 506. The largest absolute Gasteiger partial charge is 0.480 e. The minimum absolute atomic E-state index is 0.322. The van der Waals surface area contributed by atoms with Crippen molar-refractivity contribution >= 4 is 5.97 Å². The van der Waals surface area contributed by atoms with Crippen molar-refractivity contribution in [2.24, 2.45) is 11.7 Å². The van der Waals surface area contributed by atoms with Crippen molar-refractivity contribution in [2.45, 2.75) is 65.8 Å². The average Bonchev–Trinajstić information content (AvgIpc) is 2.38. The lowest BCUT2D eigenvalue weighted by Crippen LogP contribution is -2.46. The topological polar surface area (TPSA) is 63.3 Å². The Hall–Kier alpha value is -1.35. The van der Waals surface area contributed by atoms with Gasteiger partial charge in [0.05, 0.1) is 0 Å². The van der Waals surface area contributed by atoms with E-state index in [2.05, 4.69) is 39.8 Å². The molecule has 0 spiro atoms. The molecule has 1 rings (SSSR count). The number of benzene rings is 1. The molecule has 0 aliphatic carbocycles. The van der Waals surface area contributed by atoms with Crippen LogP contribution in [-0.2, 0) is 11.2 Å². The SMILES string of the molecule is Cc1ccc(CCCC(C)CC(C)(N)C(=O)O)c(C)c1C. The summed E-state index contributed by atoms with van der Waals surface area (Å²) in [6.07, 6.45) is 3.65. The molecule has 1 aromatic rings. The van der Waals surface area contributed by atoms with Crippen molar-refractivity contribution in [1.82, 2.24) is 0 Å².